The summed E-state index contributed by atoms with van der Waals surface area (Å²) >= 11 is 0. The maximum Gasteiger partial charge on any atom is 0.416 e. The summed E-state index contributed by atoms with van der Waals surface area (Å²) in [4.78, 5) is -0.322. The molecule has 1 aromatic rings. The molecule has 0 saturated heterocycles. The molecule has 0 bridgehead atoms. The maximum absolute atomic E-state index is 12.6. The van der Waals surface area contributed by atoms with Crippen LogP contribution in [0.25, 0.3) is 0 Å². The van der Waals surface area contributed by atoms with E-state index < -0.39 is 21.8 Å². The molecule has 7 heteroatoms. The highest BCUT2D eigenvalue weighted by molar-refractivity contribution is 7.89. The Morgan fingerprint density at radius 2 is 1.71 bits per heavy atom. The van der Waals surface area contributed by atoms with E-state index in [9.17, 15) is 21.6 Å². The predicted octanol–water partition coefficient (Wildman–Crippen LogP) is 2.26. The fourth-order valence-electron chi connectivity index (χ4n) is 1.40. The molecule has 1 aromatic carbocycles. The molecule has 0 spiro atoms. The predicted molar refractivity (Wildman–Crippen MR) is 57.1 cm³/mol. The van der Waals surface area contributed by atoms with Crippen LogP contribution in [0.15, 0.2) is 23.1 Å². The summed E-state index contributed by atoms with van der Waals surface area (Å²) in [6.45, 7) is 1.15. The lowest BCUT2D eigenvalue weighted by atomic mass is 10.1. The number of hydrogen-bond acceptors (Lipinski definition) is 2. The number of alkyl halides is 3. The molecule has 0 N–H and O–H groups in total. The minimum absolute atomic E-state index is 0.284. The standard InChI is InChI=1S/C10H12F3NO2S/c1-7-8(10(11,12)13)5-4-6-9(7)17(15,16)14(2)3/h4-6H,1-3H3. The summed E-state index contributed by atoms with van der Waals surface area (Å²) in [5.74, 6) is 0. The molecule has 1 rings (SSSR count). The van der Waals surface area contributed by atoms with E-state index in [-0.39, 0.29) is 10.5 Å². The average Bonchev–Trinajstić information content (AvgIpc) is 2.15. The highest BCUT2D eigenvalue weighted by atomic mass is 32.2. The van der Waals surface area contributed by atoms with E-state index in [0.29, 0.717) is 0 Å². The summed E-state index contributed by atoms with van der Waals surface area (Å²) in [6, 6.07) is 3.12. The molecule has 0 amide bonds. The van der Waals surface area contributed by atoms with Gasteiger partial charge in [-0.25, -0.2) is 12.7 Å². The fourth-order valence-corrected chi connectivity index (χ4v) is 2.54. The summed E-state index contributed by atoms with van der Waals surface area (Å²) in [7, 11) is -1.31. The largest absolute Gasteiger partial charge is 0.416 e. The topological polar surface area (TPSA) is 37.4 Å². The van der Waals surface area contributed by atoms with Crippen LogP contribution in [0, 0.1) is 6.92 Å². The second-order valence-corrected chi connectivity index (χ2v) is 5.83. The lowest BCUT2D eigenvalue weighted by molar-refractivity contribution is -0.138. The Morgan fingerprint density at radius 1 is 1.18 bits per heavy atom. The van der Waals surface area contributed by atoms with Gasteiger partial charge in [0.25, 0.3) is 0 Å². The van der Waals surface area contributed by atoms with E-state index in [4.69, 9.17) is 0 Å². The molecule has 0 aromatic heterocycles. The number of halogens is 3. The van der Waals surface area contributed by atoms with Crippen LogP contribution >= 0.6 is 0 Å². The van der Waals surface area contributed by atoms with Crippen LogP contribution < -0.4 is 0 Å². The zero-order chi connectivity index (χ0) is 13.4. The van der Waals surface area contributed by atoms with Crippen LogP contribution in [0.5, 0.6) is 0 Å². The van der Waals surface area contributed by atoms with Gasteiger partial charge in [-0.2, -0.15) is 13.2 Å². The number of benzene rings is 1. The van der Waals surface area contributed by atoms with Gasteiger partial charge in [0.05, 0.1) is 10.5 Å². The van der Waals surface area contributed by atoms with Gasteiger partial charge < -0.3 is 0 Å². The number of hydrogen-bond donors (Lipinski definition) is 0. The molecule has 0 radical (unpaired) electrons. The molecule has 0 fully saturated rings. The minimum Gasteiger partial charge on any atom is -0.207 e. The molecule has 0 atom stereocenters. The maximum atomic E-state index is 12.6. The van der Waals surface area contributed by atoms with Crippen molar-refractivity contribution in [3.63, 3.8) is 0 Å². The van der Waals surface area contributed by atoms with Gasteiger partial charge in [-0.1, -0.05) is 6.07 Å². The zero-order valence-electron chi connectivity index (χ0n) is 9.54. The monoisotopic (exact) mass is 267 g/mol. The van der Waals surface area contributed by atoms with E-state index in [1.54, 1.807) is 0 Å². The molecule has 0 heterocycles. The van der Waals surface area contributed by atoms with Crippen molar-refractivity contribution in [1.82, 2.24) is 4.31 Å². The Morgan fingerprint density at radius 3 is 2.12 bits per heavy atom. The van der Waals surface area contributed by atoms with Crippen molar-refractivity contribution in [2.24, 2.45) is 0 Å². The summed E-state index contributed by atoms with van der Waals surface area (Å²) in [5, 5.41) is 0. The first-order chi connectivity index (χ1) is 7.58. The van der Waals surface area contributed by atoms with Crippen LogP contribution in [0.4, 0.5) is 13.2 Å². The third-order valence-electron chi connectivity index (χ3n) is 2.35. The summed E-state index contributed by atoms with van der Waals surface area (Å²) in [6.07, 6.45) is -4.55. The Labute approximate surface area is 97.9 Å². The van der Waals surface area contributed by atoms with Crippen LogP contribution in [0.2, 0.25) is 0 Å². The lowest BCUT2D eigenvalue weighted by Crippen LogP contribution is -2.24. The first kappa shape index (κ1) is 14.0. The van der Waals surface area contributed by atoms with Crippen molar-refractivity contribution in [3.05, 3.63) is 29.3 Å². The Balaban J connectivity index is 3.51. The van der Waals surface area contributed by atoms with E-state index in [2.05, 4.69) is 0 Å². The molecule has 0 saturated carbocycles. The van der Waals surface area contributed by atoms with E-state index >= 15 is 0 Å². The number of rotatable bonds is 2. The van der Waals surface area contributed by atoms with Crippen molar-refractivity contribution in [1.29, 1.82) is 0 Å². The Kier molecular flexibility index (Phi) is 3.54. The molecule has 0 aliphatic rings. The molecule has 0 aliphatic carbocycles. The van der Waals surface area contributed by atoms with Gasteiger partial charge in [0, 0.05) is 14.1 Å². The molecule has 3 nitrogen and oxygen atoms in total. The van der Waals surface area contributed by atoms with Crippen LogP contribution in [-0.4, -0.2) is 26.8 Å². The van der Waals surface area contributed by atoms with Gasteiger partial charge in [-0.05, 0) is 24.6 Å². The van der Waals surface area contributed by atoms with E-state index in [0.717, 1.165) is 23.4 Å². The number of nitrogens with zero attached hydrogens (tertiary/aromatic N) is 1. The molecule has 17 heavy (non-hydrogen) atoms. The van der Waals surface area contributed by atoms with Crippen molar-refractivity contribution in [3.8, 4) is 0 Å². The highest BCUT2D eigenvalue weighted by Gasteiger charge is 2.34. The molecular weight excluding hydrogens is 255 g/mol. The van der Waals surface area contributed by atoms with Crippen molar-refractivity contribution in [2.45, 2.75) is 18.0 Å². The van der Waals surface area contributed by atoms with Gasteiger partial charge in [-0.15, -0.1) is 0 Å². The van der Waals surface area contributed by atoms with E-state index in [1.807, 2.05) is 0 Å². The van der Waals surface area contributed by atoms with Gasteiger partial charge in [0.15, 0.2) is 0 Å². The van der Waals surface area contributed by atoms with Gasteiger partial charge in [0.1, 0.15) is 0 Å². The quantitative estimate of drug-likeness (QED) is 0.824. The smallest absolute Gasteiger partial charge is 0.207 e. The minimum atomic E-state index is -4.55. The summed E-state index contributed by atoms with van der Waals surface area (Å²) in [5.41, 5.74) is -1.21. The Hall–Kier alpha value is -1.08. The van der Waals surface area contributed by atoms with Crippen molar-refractivity contribution in [2.75, 3.05) is 14.1 Å². The molecular formula is C10H12F3NO2S. The van der Waals surface area contributed by atoms with Crippen molar-refractivity contribution < 1.29 is 21.6 Å². The second kappa shape index (κ2) is 4.30. The first-order valence-corrected chi connectivity index (χ1v) is 6.12. The highest BCUT2D eigenvalue weighted by Crippen LogP contribution is 2.34. The van der Waals surface area contributed by atoms with Crippen molar-refractivity contribution >= 4 is 10.0 Å². The van der Waals surface area contributed by atoms with Gasteiger partial charge in [-0.3, -0.25) is 0 Å². The molecule has 96 valence electrons. The van der Waals surface area contributed by atoms with Crippen LogP contribution in [-0.2, 0) is 16.2 Å². The first-order valence-electron chi connectivity index (χ1n) is 4.68. The van der Waals surface area contributed by atoms with Gasteiger partial charge in [0.2, 0.25) is 10.0 Å². The third kappa shape index (κ3) is 2.61. The Bertz CT molecular complexity index is 521. The van der Waals surface area contributed by atoms with Crippen LogP contribution in [0.1, 0.15) is 11.1 Å². The van der Waals surface area contributed by atoms with Crippen LogP contribution in [0.3, 0.4) is 0 Å². The van der Waals surface area contributed by atoms with E-state index in [1.165, 1.54) is 20.2 Å². The zero-order valence-corrected chi connectivity index (χ0v) is 10.4. The lowest BCUT2D eigenvalue weighted by Gasteiger charge is -2.17. The van der Waals surface area contributed by atoms with Gasteiger partial charge >= 0.3 is 6.18 Å². The average molecular weight is 267 g/mol. The summed E-state index contributed by atoms with van der Waals surface area (Å²) < 4.78 is 62.3. The molecule has 0 unspecified atom stereocenters. The fraction of sp³-hybridized carbons (Fsp3) is 0.400. The molecule has 0 aliphatic heterocycles. The number of sulfonamides is 1. The normalized spacial score (nSPS) is 13.1. The second-order valence-electron chi connectivity index (χ2n) is 3.71. The SMILES string of the molecule is Cc1c(C(F)(F)F)cccc1S(=O)(=O)N(C)C. The third-order valence-corrected chi connectivity index (χ3v) is 4.31.